The lowest BCUT2D eigenvalue weighted by atomic mass is 9.90. The topological polar surface area (TPSA) is 12.0 Å². The van der Waals surface area contributed by atoms with Crippen LogP contribution in [-0.4, -0.2) is 6.54 Å². The van der Waals surface area contributed by atoms with Gasteiger partial charge in [-0.3, -0.25) is 0 Å². The quantitative estimate of drug-likeness (QED) is 0.806. The first-order valence-corrected chi connectivity index (χ1v) is 7.71. The van der Waals surface area contributed by atoms with Crippen molar-refractivity contribution in [2.75, 3.05) is 6.54 Å². The summed E-state index contributed by atoms with van der Waals surface area (Å²) in [6, 6.07) is 5.17. The first kappa shape index (κ1) is 14.8. The number of hydrogen-bond acceptors (Lipinski definition) is 1. The maximum absolute atomic E-state index is 14.1. The van der Waals surface area contributed by atoms with Gasteiger partial charge >= 0.3 is 0 Å². The van der Waals surface area contributed by atoms with Crippen molar-refractivity contribution >= 4 is 11.6 Å². The molecule has 0 amide bonds. The molecule has 0 radical (unpaired) electrons. The second-order valence-electron chi connectivity index (χ2n) is 5.55. The van der Waals surface area contributed by atoms with E-state index in [1.165, 1.54) is 31.7 Å². The molecule has 3 unspecified atom stereocenters. The van der Waals surface area contributed by atoms with Crippen LogP contribution in [0.4, 0.5) is 4.39 Å². The van der Waals surface area contributed by atoms with Gasteiger partial charge in [0.1, 0.15) is 5.82 Å². The molecule has 1 aromatic carbocycles. The van der Waals surface area contributed by atoms with Crippen molar-refractivity contribution in [1.29, 1.82) is 0 Å². The van der Waals surface area contributed by atoms with Gasteiger partial charge in [0.15, 0.2) is 0 Å². The standard InChI is InChI=1S/C16H23ClFN/c1-3-11-5-6-12(9-11)16(19-4-2)14-8-7-13(17)10-15(14)18/h7-8,10-12,16,19H,3-6,9H2,1-2H3. The molecule has 0 heterocycles. The molecule has 2 rings (SSSR count). The molecule has 0 aliphatic heterocycles. The van der Waals surface area contributed by atoms with Crippen LogP contribution in [0.5, 0.6) is 0 Å². The molecule has 1 fully saturated rings. The SMILES string of the molecule is CCNC(c1ccc(Cl)cc1F)C1CCC(CC)C1. The summed E-state index contributed by atoms with van der Waals surface area (Å²) in [5, 5.41) is 3.93. The molecule has 0 bridgehead atoms. The van der Waals surface area contributed by atoms with Crippen molar-refractivity contribution in [2.45, 2.75) is 45.6 Å². The highest BCUT2D eigenvalue weighted by Crippen LogP contribution is 2.41. The largest absolute Gasteiger partial charge is 0.310 e. The van der Waals surface area contributed by atoms with Crippen molar-refractivity contribution in [3.8, 4) is 0 Å². The van der Waals surface area contributed by atoms with E-state index in [-0.39, 0.29) is 11.9 Å². The van der Waals surface area contributed by atoms with Crippen LogP contribution in [0.25, 0.3) is 0 Å². The lowest BCUT2D eigenvalue weighted by molar-refractivity contribution is 0.350. The van der Waals surface area contributed by atoms with Crippen LogP contribution in [0.2, 0.25) is 5.02 Å². The molecule has 0 spiro atoms. The Bertz CT molecular complexity index is 421. The van der Waals surface area contributed by atoms with Crippen LogP contribution in [0, 0.1) is 17.7 Å². The average molecular weight is 284 g/mol. The predicted molar refractivity (Wildman–Crippen MR) is 78.9 cm³/mol. The van der Waals surface area contributed by atoms with Gasteiger partial charge in [-0.2, -0.15) is 0 Å². The van der Waals surface area contributed by atoms with Crippen molar-refractivity contribution in [3.63, 3.8) is 0 Å². The monoisotopic (exact) mass is 283 g/mol. The third-order valence-electron chi connectivity index (χ3n) is 4.35. The van der Waals surface area contributed by atoms with E-state index in [2.05, 4.69) is 19.2 Å². The van der Waals surface area contributed by atoms with E-state index in [4.69, 9.17) is 11.6 Å². The van der Waals surface area contributed by atoms with Crippen LogP contribution in [-0.2, 0) is 0 Å². The maximum Gasteiger partial charge on any atom is 0.129 e. The van der Waals surface area contributed by atoms with Gasteiger partial charge in [0.2, 0.25) is 0 Å². The molecule has 106 valence electrons. The van der Waals surface area contributed by atoms with Gasteiger partial charge in [0.25, 0.3) is 0 Å². The highest BCUT2D eigenvalue weighted by molar-refractivity contribution is 6.30. The summed E-state index contributed by atoms with van der Waals surface area (Å²) in [4.78, 5) is 0. The maximum atomic E-state index is 14.1. The zero-order valence-electron chi connectivity index (χ0n) is 11.8. The second-order valence-corrected chi connectivity index (χ2v) is 5.99. The normalized spacial score (nSPS) is 24.6. The fourth-order valence-electron chi connectivity index (χ4n) is 3.29. The Morgan fingerprint density at radius 3 is 2.74 bits per heavy atom. The van der Waals surface area contributed by atoms with E-state index in [1.807, 2.05) is 6.07 Å². The average Bonchev–Trinajstić information content (AvgIpc) is 2.85. The molecule has 1 nitrogen and oxygen atoms in total. The molecule has 1 saturated carbocycles. The predicted octanol–water partition coefficient (Wildman–Crippen LogP) is 4.96. The molecular weight excluding hydrogens is 261 g/mol. The first-order valence-electron chi connectivity index (χ1n) is 7.34. The third-order valence-corrected chi connectivity index (χ3v) is 4.59. The summed E-state index contributed by atoms with van der Waals surface area (Å²) in [7, 11) is 0. The molecule has 0 aromatic heterocycles. The third kappa shape index (κ3) is 3.49. The molecule has 19 heavy (non-hydrogen) atoms. The summed E-state index contributed by atoms with van der Waals surface area (Å²) >= 11 is 5.84. The van der Waals surface area contributed by atoms with Crippen LogP contribution in [0.1, 0.15) is 51.1 Å². The summed E-state index contributed by atoms with van der Waals surface area (Å²) in [6.45, 7) is 5.19. The molecule has 1 aromatic rings. The minimum atomic E-state index is -0.182. The van der Waals surface area contributed by atoms with Gasteiger partial charge in [-0.1, -0.05) is 44.4 Å². The van der Waals surface area contributed by atoms with E-state index in [0.717, 1.165) is 18.0 Å². The summed E-state index contributed by atoms with van der Waals surface area (Å²) in [5.74, 6) is 1.17. The number of rotatable bonds is 5. The number of halogens is 2. The fourth-order valence-corrected chi connectivity index (χ4v) is 3.45. The van der Waals surface area contributed by atoms with Gasteiger partial charge in [-0.15, -0.1) is 0 Å². The van der Waals surface area contributed by atoms with Gasteiger partial charge in [-0.25, -0.2) is 4.39 Å². The summed E-state index contributed by atoms with van der Waals surface area (Å²) in [6.07, 6.45) is 4.91. The Labute approximate surface area is 120 Å². The lowest BCUT2D eigenvalue weighted by Gasteiger charge is -2.25. The van der Waals surface area contributed by atoms with Crippen LogP contribution in [0.15, 0.2) is 18.2 Å². The molecule has 0 saturated heterocycles. The molecule has 3 heteroatoms. The lowest BCUT2D eigenvalue weighted by Crippen LogP contribution is -2.28. The molecule has 3 atom stereocenters. The Hall–Kier alpha value is -0.600. The van der Waals surface area contributed by atoms with Gasteiger partial charge in [0.05, 0.1) is 0 Å². The number of hydrogen-bond donors (Lipinski definition) is 1. The van der Waals surface area contributed by atoms with Crippen LogP contribution in [0.3, 0.4) is 0 Å². The number of benzene rings is 1. The highest BCUT2D eigenvalue weighted by Gasteiger charge is 2.31. The Kier molecular flexibility index (Phi) is 5.23. The van der Waals surface area contributed by atoms with Crippen molar-refractivity contribution < 1.29 is 4.39 Å². The molecule has 1 N–H and O–H groups in total. The van der Waals surface area contributed by atoms with Crippen LogP contribution < -0.4 is 5.32 Å². The van der Waals surface area contributed by atoms with E-state index in [1.54, 1.807) is 6.07 Å². The smallest absolute Gasteiger partial charge is 0.129 e. The molecule has 1 aliphatic rings. The minimum Gasteiger partial charge on any atom is -0.310 e. The fraction of sp³-hybridized carbons (Fsp3) is 0.625. The minimum absolute atomic E-state index is 0.124. The summed E-state index contributed by atoms with van der Waals surface area (Å²) < 4.78 is 14.1. The highest BCUT2D eigenvalue weighted by atomic mass is 35.5. The Morgan fingerprint density at radius 1 is 1.37 bits per heavy atom. The second kappa shape index (κ2) is 6.71. The van der Waals surface area contributed by atoms with E-state index < -0.39 is 0 Å². The van der Waals surface area contributed by atoms with Gasteiger partial charge in [-0.05, 0) is 43.4 Å². The van der Waals surface area contributed by atoms with Crippen molar-refractivity contribution in [2.24, 2.45) is 11.8 Å². The zero-order valence-corrected chi connectivity index (χ0v) is 12.5. The van der Waals surface area contributed by atoms with Crippen molar-refractivity contribution in [1.82, 2.24) is 5.32 Å². The summed E-state index contributed by atoms with van der Waals surface area (Å²) in [5.41, 5.74) is 0.771. The Balaban J connectivity index is 2.20. The molecular formula is C16H23ClFN. The Morgan fingerprint density at radius 2 is 2.16 bits per heavy atom. The molecule has 1 aliphatic carbocycles. The van der Waals surface area contributed by atoms with Crippen LogP contribution >= 0.6 is 11.6 Å². The van der Waals surface area contributed by atoms with E-state index in [9.17, 15) is 4.39 Å². The van der Waals surface area contributed by atoms with Crippen molar-refractivity contribution in [3.05, 3.63) is 34.6 Å². The van der Waals surface area contributed by atoms with Gasteiger partial charge < -0.3 is 5.32 Å². The van der Waals surface area contributed by atoms with E-state index in [0.29, 0.717) is 10.9 Å². The number of nitrogens with one attached hydrogen (secondary N) is 1. The van der Waals surface area contributed by atoms with Gasteiger partial charge in [0, 0.05) is 16.6 Å². The van der Waals surface area contributed by atoms with E-state index >= 15 is 0 Å². The first-order chi connectivity index (χ1) is 9.15. The zero-order chi connectivity index (χ0) is 13.8.